The molecule has 0 saturated carbocycles. The molecule has 0 bridgehead atoms. The second kappa shape index (κ2) is 6.64. The van der Waals surface area contributed by atoms with E-state index in [1.807, 2.05) is 13.0 Å². The zero-order chi connectivity index (χ0) is 16.4. The maximum absolute atomic E-state index is 14.6. The predicted molar refractivity (Wildman–Crippen MR) is 89.1 cm³/mol. The lowest BCUT2D eigenvalue weighted by molar-refractivity contribution is 0.221. The topological polar surface area (TPSA) is 57.3 Å². The third kappa shape index (κ3) is 3.35. The van der Waals surface area contributed by atoms with E-state index < -0.39 is 0 Å². The van der Waals surface area contributed by atoms with Crippen molar-refractivity contribution in [2.24, 2.45) is 0 Å². The van der Waals surface area contributed by atoms with Gasteiger partial charge < -0.3 is 15.5 Å². The van der Waals surface area contributed by atoms with Crippen molar-refractivity contribution in [3.63, 3.8) is 0 Å². The molecular weight excluding hydrogens is 315 g/mol. The van der Waals surface area contributed by atoms with E-state index in [-0.39, 0.29) is 17.5 Å². The van der Waals surface area contributed by atoms with Gasteiger partial charge >= 0.3 is 6.03 Å². The molecule has 1 aromatic heterocycles. The lowest BCUT2D eigenvalue weighted by Crippen LogP contribution is -2.31. The predicted octanol–water partition coefficient (Wildman–Crippen LogP) is 2.90. The molecule has 7 heteroatoms. The van der Waals surface area contributed by atoms with Gasteiger partial charge in [0.05, 0.1) is 23.4 Å². The number of halogens is 1. The highest BCUT2D eigenvalue weighted by Gasteiger charge is 2.19. The Bertz CT molecular complexity index is 731. The fourth-order valence-electron chi connectivity index (χ4n) is 2.61. The number of thiazole rings is 1. The number of anilines is 1. The second-order valence-electron chi connectivity index (χ2n) is 5.64. The summed E-state index contributed by atoms with van der Waals surface area (Å²) >= 11 is 1.51. The molecule has 122 valence electrons. The van der Waals surface area contributed by atoms with Gasteiger partial charge in [-0.15, -0.1) is 11.3 Å². The van der Waals surface area contributed by atoms with Crippen LogP contribution in [0.2, 0.25) is 0 Å². The number of hydrogen-bond acceptors (Lipinski definition) is 4. The largest absolute Gasteiger partial charge is 0.322 e. The van der Waals surface area contributed by atoms with Crippen LogP contribution in [0.15, 0.2) is 17.6 Å². The molecule has 2 aromatic rings. The van der Waals surface area contributed by atoms with Crippen LogP contribution in [-0.4, -0.2) is 29.5 Å². The van der Waals surface area contributed by atoms with Gasteiger partial charge in [-0.3, -0.25) is 0 Å². The average Bonchev–Trinajstić information content (AvgIpc) is 2.95. The monoisotopic (exact) mass is 334 g/mol. The molecule has 0 spiro atoms. The summed E-state index contributed by atoms with van der Waals surface area (Å²) in [5.74, 6) is -0.320. The van der Waals surface area contributed by atoms with Crippen molar-refractivity contribution in [3.8, 4) is 0 Å². The molecule has 2 N–H and O–H groups in total. The zero-order valence-electron chi connectivity index (χ0n) is 13.1. The SMILES string of the molecule is Cc1ncsc1CN(C)C(=O)Nc1ccc2c(c1F)CCNC2. The molecule has 0 aliphatic carbocycles. The Morgan fingerprint density at radius 2 is 2.35 bits per heavy atom. The standard InChI is InChI=1S/C16H19FN4OS/c1-10-14(23-9-19-10)8-21(2)16(22)20-13-4-3-11-7-18-6-5-12(11)15(13)17/h3-4,9,18H,5-8H2,1-2H3,(H,20,22). The molecule has 23 heavy (non-hydrogen) atoms. The van der Waals surface area contributed by atoms with Crippen molar-refractivity contribution < 1.29 is 9.18 Å². The summed E-state index contributed by atoms with van der Waals surface area (Å²) in [4.78, 5) is 19.0. The summed E-state index contributed by atoms with van der Waals surface area (Å²) in [5, 5.41) is 5.88. The molecular formula is C16H19FN4OS. The number of carbonyl (C=O) groups excluding carboxylic acids is 1. The minimum absolute atomic E-state index is 0.239. The van der Waals surface area contributed by atoms with Crippen LogP contribution in [0, 0.1) is 12.7 Å². The highest BCUT2D eigenvalue weighted by Crippen LogP contribution is 2.25. The minimum Gasteiger partial charge on any atom is -0.322 e. The van der Waals surface area contributed by atoms with Crippen LogP contribution in [0.25, 0.3) is 0 Å². The quantitative estimate of drug-likeness (QED) is 0.907. The van der Waals surface area contributed by atoms with Gasteiger partial charge in [-0.05, 0) is 37.1 Å². The van der Waals surface area contributed by atoms with Crippen LogP contribution in [0.5, 0.6) is 0 Å². The first-order chi connectivity index (χ1) is 11.1. The summed E-state index contributed by atoms with van der Waals surface area (Å²) in [5.41, 5.74) is 4.57. The number of aryl methyl sites for hydroxylation is 1. The number of rotatable bonds is 3. The second-order valence-corrected chi connectivity index (χ2v) is 6.58. The van der Waals surface area contributed by atoms with Gasteiger partial charge in [0.2, 0.25) is 0 Å². The molecule has 5 nitrogen and oxygen atoms in total. The molecule has 0 radical (unpaired) electrons. The van der Waals surface area contributed by atoms with Crippen molar-refractivity contribution in [3.05, 3.63) is 45.2 Å². The number of nitrogens with zero attached hydrogens (tertiary/aromatic N) is 2. The Kier molecular flexibility index (Phi) is 4.58. The molecule has 0 atom stereocenters. The minimum atomic E-state index is -0.328. The first-order valence-corrected chi connectivity index (χ1v) is 8.36. The van der Waals surface area contributed by atoms with E-state index in [9.17, 15) is 9.18 Å². The van der Waals surface area contributed by atoms with Crippen molar-refractivity contribution in [2.45, 2.75) is 26.4 Å². The number of aromatic nitrogens is 1. The molecule has 0 saturated heterocycles. The van der Waals surface area contributed by atoms with E-state index in [1.165, 1.54) is 16.2 Å². The Labute approximate surface area is 138 Å². The highest BCUT2D eigenvalue weighted by molar-refractivity contribution is 7.09. The van der Waals surface area contributed by atoms with Crippen LogP contribution >= 0.6 is 11.3 Å². The van der Waals surface area contributed by atoms with Crippen molar-refractivity contribution in [2.75, 3.05) is 18.9 Å². The van der Waals surface area contributed by atoms with E-state index in [0.717, 1.165) is 22.7 Å². The number of carbonyl (C=O) groups is 1. The Morgan fingerprint density at radius 3 is 3.09 bits per heavy atom. The Morgan fingerprint density at radius 1 is 1.52 bits per heavy atom. The Hall–Kier alpha value is -1.99. The molecule has 0 unspecified atom stereocenters. The van der Waals surface area contributed by atoms with E-state index in [4.69, 9.17) is 0 Å². The number of urea groups is 1. The van der Waals surface area contributed by atoms with Crippen molar-refractivity contribution in [1.82, 2.24) is 15.2 Å². The van der Waals surface area contributed by atoms with E-state index in [1.54, 1.807) is 18.6 Å². The molecule has 0 fully saturated rings. The van der Waals surface area contributed by atoms with E-state index >= 15 is 0 Å². The summed E-state index contributed by atoms with van der Waals surface area (Å²) in [6.07, 6.45) is 0.640. The van der Waals surface area contributed by atoms with Crippen LogP contribution in [-0.2, 0) is 19.5 Å². The fraction of sp³-hybridized carbons (Fsp3) is 0.375. The van der Waals surface area contributed by atoms with Gasteiger partial charge in [-0.25, -0.2) is 14.2 Å². The van der Waals surface area contributed by atoms with Gasteiger partial charge in [0, 0.05) is 18.5 Å². The Balaban J connectivity index is 1.71. The number of amides is 2. The van der Waals surface area contributed by atoms with Crippen LogP contribution in [0.3, 0.4) is 0 Å². The summed E-state index contributed by atoms with van der Waals surface area (Å²) in [7, 11) is 1.69. The van der Waals surface area contributed by atoms with Gasteiger partial charge in [0.1, 0.15) is 5.82 Å². The fourth-order valence-corrected chi connectivity index (χ4v) is 3.44. The smallest absolute Gasteiger partial charge is 0.321 e. The van der Waals surface area contributed by atoms with E-state index in [0.29, 0.717) is 25.1 Å². The summed E-state index contributed by atoms with van der Waals surface area (Å²) in [6.45, 7) is 3.80. The zero-order valence-corrected chi connectivity index (χ0v) is 14.0. The summed E-state index contributed by atoms with van der Waals surface area (Å²) < 4.78 is 14.6. The van der Waals surface area contributed by atoms with Gasteiger partial charge in [0.25, 0.3) is 0 Å². The van der Waals surface area contributed by atoms with Crippen LogP contribution < -0.4 is 10.6 Å². The first kappa shape index (κ1) is 15.9. The van der Waals surface area contributed by atoms with Gasteiger partial charge in [-0.1, -0.05) is 6.07 Å². The number of fused-ring (bicyclic) bond motifs is 1. The molecule has 1 aliphatic rings. The van der Waals surface area contributed by atoms with Gasteiger partial charge in [0.15, 0.2) is 0 Å². The number of nitrogens with one attached hydrogen (secondary N) is 2. The first-order valence-electron chi connectivity index (χ1n) is 7.48. The summed E-state index contributed by atoms with van der Waals surface area (Å²) in [6, 6.07) is 3.17. The molecule has 1 aromatic carbocycles. The normalized spacial score (nSPS) is 13.5. The highest BCUT2D eigenvalue weighted by atomic mass is 32.1. The lowest BCUT2D eigenvalue weighted by atomic mass is 9.99. The molecule has 3 rings (SSSR count). The maximum atomic E-state index is 14.6. The lowest BCUT2D eigenvalue weighted by Gasteiger charge is -2.21. The van der Waals surface area contributed by atoms with Crippen molar-refractivity contribution in [1.29, 1.82) is 0 Å². The third-order valence-corrected chi connectivity index (χ3v) is 4.94. The van der Waals surface area contributed by atoms with E-state index in [2.05, 4.69) is 15.6 Å². The van der Waals surface area contributed by atoms with Crippen molar-refractivity contribution >= 4 is 23.1 Å². The molecule has 2 amide bonds. The number of benzene rings is 1. The number of hydrogen-bond donors (Lipinski definition) is 2. The van der Waals surface area contributed by atoms with Crippen LogP contribution in [0.1, 0.15) is 21.7 Å². The molecule has 1 aliphatic heterocycles. The third-order valence-electron chi connectivity index (χ3n) is 4.02. The average molecular weight is 334 g/mol. The van der Waals surface area contributed by atoms with Crippen LogP contribution in [0.4, 0.5) is 14.9 Å². The maximum Gasteiger partial charge on any atom is 0.321 e. The van der Waals surface area contributed by atoms with Gasteiger partial charge in [-0.2, -0.15) is 0 Å². The molecule has 2 heterocycles.